The molecule has 1 aromatic rings. The summed E-state index contributed by atoms with van der Waals surface area (Å²) in [5, 5.41) is 0. The lowest BCUT2D eigenvalue weighted by atomic mass is 10.1. The van der Waals surface area contributed by atoms with Gasteiger partial charge in [-0.3, -0.25) is 0 Å². The lowest BCUT2D eigenvalue weighted by Gasteiger charge is -2.24. The first-order chi connectivity index (χ1) is 9.52. The molecular weight excluding hydrogens is 305 g/mol. The Balaban J connectivity index is 2.46. The van der Waals surface area contributed by atoms with E-state index in [2.05, 4.69) is 0 Å². The van der Waals surface area contributed by atoms with Crippen LogP contribution in [0, 0.1) is 13.8 Å². The summed E-state index contributed by atoms with van der Waals surface area (Å²) in [6, 6.07) is 2.23. The maximum absolute atomic E-state index is 12.6. The molecule has 2 N–H and O–H groups in total. The van der Waals surface area contributed by atoms with Crippen LogP contribution in [0.1, 0.15) is 24.0 Å². The molecule has 1 aliphatic rings. The molecule has 8 heteroatoms. The summed E-state index contributed by atoms with van der Waals surface area (Å²) in [6.45, 7) is 1.97. The van der Waals surface area contributed by atoms with Crippen LogP contribution in [0.5, 0.6) is 0 Å². The number of benzene rings is 1. The molecule has 0 aromatic heterocycles. The molecule has 4 nitrogen and oxygen atoms in total. The number of anilines is 1. The highest BCUT2D eigenvalue weighted by Crippen LogP contribution is 2.36. The maximum Gasteiger partial charge on any atom is 0.402 e. The molecule has 0 radical (unpaired) electrons. The van der Waals surface area contributed by atoms with E-state index in [1.54, 1.807) is 13.8 Å². The summed E-state index contributed by atoms with van der Waals surface area (Å²) in [4.78, 5) is -0.248. The Hall–Kier alpha value is -1.28. The zero-order chi connectivity index (χ0) is 16.0. The summed E-state index contributed by atoms with van der Waals surface area (Å²) in [5.74, 6) is 0. The molecule has 118 valence electrons. The summed E-state index contributed by atoms with van der Waals surface area (Å²) < 4.78 is 63.5. The van der Waals surface area contributed by atoms with E-state index < -0.39 is 28.8 Å². The van der Waals surface area contributed by atoms with Gasteiger partial charge in [0.2, 0.25) is 10.0 Å². The van der Waals surface area contributed by atoms with Gasteiger partial charge in [0.05, 0.1) is 5.69 Å². The normalized spacial score (nSPS) is 16.5. The van der Waals surface area contributed by atoms with Crippen molar-refractivity contribution in [2.45, 2.75) is 43.8 Å². The van der Waals surface area contributed by atoms with Crippen molar-refractivity contribution in [1.29, 1.82) is 0 Å². The number of aryl methyl sites for hydroxylation is 2. The van der Waals surface area contributed by atoms with Crippen LogP contribution in [0.2, 0.25) is 0 Å². The number of nitrogens with two attached hydrogens (primary N) is 1. The van der Waals surface area contributed by atoms with Gasteiger partial charge >= 0.3 is 6.18 Å². The molecular formula is C13H17F3N2O2S. The van der Waals surface area contributed by atoms with Crippen molar-refractivity contribution in [3.63, 3.8) is 0 Å². The van der Waals surface area contributed by atoms with E-state index in [1.807, 2.05) is 0 Å². The summed E-state index contributed by atoms with van der Waals surface area (Å²) in [5.41, 5.74) is 7.15. The molecule has 0 bridgehead atoms. The third-order valence-electron chi connectivity index (χ3n) is 3.50. The first-order valence-corrected chi connectivity index (χ1v) is 7.91. The van der Waals surface area contributed by atoms with Crippen LogP contribution >= 0.6 is 0 Å². The number of hydrogen-bond donors (Lipinski definition) is 1. The zero-order valence-electron chi connectivity index (χ0n) is 11.7. The van der Waals surface area contributed by atoms with Gasteiger partial charge in [-0.15, -0.1) is 0 Å². The molecule has 1 saturated carbocycles. The van der Waals surface area contributed by atoms with Gasteiger partial charge in [0.15, 0.2) is 0 Å². The van der Waals surface area contributed by atoms with Crippen molar-refractivity contribution < 1.29 is 21.6 Å². The Labute approximate surface area is 121 Å². The quantitative estimate of drug-likeness (QED) is 0.867. The summed E-state index contributed by atoms with van der Waals surface area (Å²) >= 11 is 0. The molecule has 0 amide bonds. The molecule has 1 aromatic carbocycles. The second kappa shape index (κ2) is 5.17. The second-order valence-electron chi connectivity index (χ2n) is 5.37. The fourth-order valence-electron chi connectivity index (χ4n) is 2.11. The van der Waals surface area contributed by atoms with E-state index >= 15 is 0 Å². The third kappa shape index (κ3) is 3.49. The predicted octanol–water partition coefficient (Wildman–Crippen LogP) is 2.60. The zero-order valence-corrected chi connectivity index (χ0v) is 12.6. The molecule has 21 heavy (non-hydrogen) atoms. The fourth-order valence-corrected chi connectivity index (χ4v) is 3.97. The average Bonchev–Trinajstić information content (AvgIpc) is 3.13. The van der Waals surface area contributed by atoms with E-state index in [4.69, 9.17) is 5.73 Å². The minimum atomic E-state index is -4.58. The number of nitrogen functional groups attached to an aromatic ring is 1. The van der Waals surface area contributed by atoms with E-state index in [-0.39, 0.29) is 10.6 Å². The van der Waals surface area contributed by atoms with Crippen LogP contribution in [0.25, 0.3) is 0 Å². The number of alkyl halides is 3. The van der Waals surface area contributed by atoms with Gasteiger partial charge in [0.1, 0.15) is 11.4 Å². The van der Waals surface area contributed by atoms with Crippen molar-refractivity contribution in [1.82, 2.24) is 4.31 Å². The van der Waals surface area contributed by atoms with Gasteiger partial charge in [-0.25, -0.2) is 8.42 Å². The standard InChI is InChI=1S/C13H17F3N2O2S/c1-8-5-11(17)12(6-9(8)2)21(19,20)18(10-3-4-10)7-13(14,15)16/h5-6,10H,3-4,7,17H2,1-2H3. The van der Waals surface area contributed by atoms with Crippen molar-refractivity contribution in [3.05, 3.63) is 23.3 Å². The molecule has 0 saturated heterocycles. The summed E-state index contributed by atoms with van der Waals surface area (Å²) in [7, 11) is -4.25. The highest BCUT2D eigenvalue weighted by atomic mass is 32.2. The van der Waals surface area contributed by atoms with Gasteiger partial charge in [-0.1, -0.05) is 0 Å². The number of rotatable bonds is 4. The largest absolute Gasteiger partial charge is 0.402 e. The highest BCUT2D eigenvalue weighted by molar-refractivity contribution is 7.89. The topological polar surface area (TPSA) is 63.4 Å². The smallest absolute Gasteiger partial charge is 0.398 e. The minimum Gasteiger partial charge on any atom is -0.398 e. The fraction of sp³-hybridized carbons (Fsp3) is 0.538. The predicted molar refractivity (Wildman–Crippen MR) is 73.3 cm³/mol. The lowest BCUT2D eigenvalue weighted by Crippen LogP contribution is -2.40. The molecule has 0 unspecified atom stereocenters. The SMILES string of the molecule is Cc1cc(N)c(S(=O)(=O)N(CC(F)(F)F)C2CC2)cc1C. The van der Waals surface area contributed by atoms with Crippen LogP contribution in [0.15, 0.2) is 17.0 Å². The van der Waals surface area contributed by atoms with Gasteiger partial charge in [-0.2, -0.15) is 17.5 Å². The molecule has 0 atom stereocenters. The maximum atomic E-state index is 12.6. The molecule has 0 heterocycles. The Morgan fingerprint density at radius 3 is 2.24 bits per heavy atom. The number of sulfonamides is 1. The van der Waals surface area contributed by atoms with Crippen LogP contribution in [-0.2, 0) is 10.0 Å². The number of nitrogens with zero attached hydrogens (tertiary/aromatic N) is 1. The Kier molecular flexibility index (Phi) is 3.96. The first kappa shape index (κ1) is 16.1. The van der Waals surface area contributed by atoms with E-state index in [0.717, 1.165) is 5.56 Å². The van der Waals surface area contributed by atoms with Gasteiger partial charge in [-0.05, 0) is 49.9 Å². The number of hydrogen-bond acceptors (Lipinski definition) is 3. The molecule has 1 aliphatic carbocycles. The third-order valence-corrected chi connectivity index (χ3v) is 5.46. The molecule has 2 rings (SSSR count). The van der Waals surface area contributed by atoms with Crippen LogP contribution in [-0.4, -0.2) is 31.5 Å². The van der Waals surface area contributed by atoms with E-state index in [9.17, 15) is 21.6 Å². The van der Waals surface area contributed by atoms with E-state index in [1.165, 1.54) is 12.1 Å². The van der Waals surface area contributed by atoms with E-state index in [0.29, 0.717) is 22.7 Å². The average molecular weight is 322 g/mol. The Bertz CT molecular complexity index is 652. The molecule has 0 spiro atoms. The van der Waals surface area contributed by atoms with Crippen molar-refractivity contribution >= 4 is 15.7 Å². The number of halogens is 3. The van der Waals surface area contributed by atoms with Crippen molar-refractivity contribution in [2.24, 2.45) is 0 Å². The van der Waals surface area contributed by atoms with Crippen molar-refractivity contribution in [3.8, 4) is 0 Å². The Morgan fingerprint density at radius 2 is 1.76 bits per heavy atom. The molecule has 1 fully saturated rings. The van der Waals surface area contributed by atoms with Crippen molar-refractivity contribution in [2.75, 3.05) is 12.3 Å². The Morgan fingerprint density at radius 1 is 1.24 bits per heavy atom. The minimum absolute atomic E-state index is 0.0223. The van der Waals surface area contributed by atoms with Crippen LogP contribution in [0.3, 0.4) is 0 Å². The highest BCUT2D eigenvalue weighted by Gasteiger charge is 2.45. The van der Waals surface area contributed by atoms with Crippen LogP contribution < -0.4 is 5.73 Å². The van der Waals surface area contributed by atoms with Crippen LogP contribution in [0.4, 0.5) is 18.9 Å². The first-order valence-electron chi connectivity index (χ1n) is 6.47. The van der Waals surface area contributed by atoms with Gasteiger partial charge in [0, 0.05) is 6.04 Å². The summed E-state index contributed by atoms with van der Waals surface area (Å²) in [6.07, 6.45) is -3.69. The lowest BCUT2D eigenvalue weighted by molar-refractivity contribution is -0.137. The van der Waals surface area contributed by atoms with Gasteiger partial charge in [0.25, 0.3) is 0 Å². The van der Waals surface area contributed by atoms with Gasteiger partial charge < -0.3 is 5.73 Å². The molecule has 0 aliphatic heterocycles. The second-order valence-corrected chi connectivity index (χ2v) is 7.23. The monoisotopic (exact) mass is 322 g/mol.